The van der Waals surface area contributed by atoms with Gasteiger partial charge >= 0.3 is 0 Å². The summed E-state index contributed by atoms with van der Waals surface area (Å²) >= 11 is 3.53. The normalized spacial score (nSPS) is 10.8. The van der Waals surface area contributed by atoms with Gasteiger partial charge in [0.1, 0.15) is 18.7 Å². The minimum atomic E-state index is 0.379. The van der Waals surface area contributed by atoms with Crippen molar-refractivity contribution in [3.8, 4) is 5.75 Å². The van der Waals surface area contributed by atoms with E-state index < -0.39 is 0 Å². The Kier molecular flexibility index (Phi) is 6.16. The third-order valence-corrected chi connectivity index (χ3v) is 3.62. The molecule has 114 valence electrons. The van der Waals surface area contributed by atoms with Gasteiger partial charge in [0.15, 0.2) is 5.82 Å². The van der Waals surface area contributed by atoms with Gasteiger partial charge in [0.2, 0.25) is 0 Å². The van der Waals surface area contributed by atoms with Crippen LogP contribution in [0.5, 0.6) is 5.75 Å². The van der Waals surface area contributed by atoms with Crippen LogP contribution in [0.3, 0.4) is 0 Å². The van der Waals surface area contributed by atoms with Gasteiger partial charge in [-0.3, -0.25) is 0 Å². The first kappa shape index (κ1) is 15.9. The van der Waals surface area contributed by atoms with Crippen molar-refractivity contribution in [1.82, 2.24) is 20.1 Å². The fourth-order valence-electron chi connectivity index (χ4n) is 1.83. The van der Waals surface area contributed by atoms with Crippen molar-refractivity contribution in [2.45, 2.75) is 13.2 Å². The zero-order valence-electron chi connectivity index (χ0n) is 12.2. The molecule has 0 amide bonds. The van der Waals surface area contributed by atoms with Crippen molar-refractivity contribution in [2.75, 3.05) is 20.3 Å². The zero-order valence-corrected chi connectivity index (χ0v) is 13.8. The van der Waals surface area contributed by atoms with Crippen LogP contribution in [0, 0.1) is 0 Å². The summed E-state index contributed by atoms with van der Waals surface area (Å²) in [5.74, 6) is 1.61. The summed E-state index contributed by atoms with van der Waals surface area (Å²) in [5, 5.41) is 11.2. The van der Waals surface area contributed by atoms with E-state index in [9.17, 15) is 0 Å². The molecule has 2 rings (SSSR count). The van der Waals surface area contributed by atoms with Crippen LogP contribution in [0.25, 0.3) is 0 Å². The second-order valence-corrected chi connectivity index (χ2v) is 5.40. The summed E-state index contributed by atoms with van der Waals surface area (Å²) in [6, 6.07) is 5.99. The van der Waals surface area contributed by atoms with Crippen LogP contribution >= 0.6 is 15.9 Å². The molecule has 1 N–H and O–H groups in total. The van der Waals surface area contributed by atoms with Gasteiger partial charge in [0.25, 0.3) is 0 Å². The molecule has 0 unspecified atom stereocenters. The van der Waals surface area contributed by atoms with Crippen molar-refractivity contribution < 1.29 is 9.47 Å². The third kappa shape index (κ3) is 4.52. The van der Waals surface area contributed by atoms with Crippen molar-refractivity contribution in [3.63, 3.8) is 0 Å². The summed E-state index contributed by atoms with van der Waals surface area (Å²) in [4.78, 5) is 0. The average Bonchev–Trinajstić information content (AvgIpc) is 2.88. The first-order chi connectivity index (χ1) is 10.2. The van der Waals surface area contributed by atoms with Crippen LogP contribution in [0.4, 0.5) is 0 Å². The maximum absolute atomic E-state index is 5.91. The van der Waals surface area contributed by atoms with E-state index in [0.717, 1.165) is 34.7 Å². The van der Waals surface area contributed by atoms with E-state index in [-0.39, 0.29) is 0 Å². The van der Waals surface area contributed by atoms with Gasteiger partial charge in [-0.05, 0) is 22.0 Å². The molecule has 0 saturated heterocycles. The van der Waals surface area contributed by atoms with Crippen LogP contribution in [0.1, 0.15) is 11.4 Å². The van der Waals surface area contributed by atoms with E-state index in [1.165, 1.54) is 0 Å². The Balaban J connectivity index is 2.01. The molecule has 1 aromatic carbocycles. The second kappa shape index (κ2) is 8.11. The van der Waals surface area contributed by atoms with Crippen molar-refractivity contribution in [3.05, 3.63) is 40.4 Å². The maximum Gasteiger partial charge on any atom is 0.170 e. The zero-order chi connectivity index (χ0) is 15.1. The number of nitrogens with one attached hydrogen (secondary N) is 1. The number of nitrogens with zero attached hydrogens (tertiary/aromatic N) is 3. The third-order valence-electron chi connectivity index (χ3n) is 3.00. The number of hydrogen-bond donors (Lipinski definition) is 1. The lowest BCUT2D eigenvalue weighted by atomic mass is 10.2. The predicted molar refractivity (Wildman–Crippen MR) is 83.1 cm³/mol. The van der Waals surface area contributed by atoms with E-state index in [0.29, 0.717) is 13.2 Å². The molecule has 0 spiro atoms. The number of aryl methyl sites for hydroxylation is 1. The first-order valence-electron chi connectivity index (χ1n) is 6.65. The highest BCUT2D eigenvalue weighted by atomic mass is 79.9. The Morgan fingerprint density at radius 1 is 1.38 bits per heavy atom. The van der Waals surface area contributed by atoms with E-state index in [1.54, 1.807) is 13.4 Å². The van der Waals surface area contributed by atoms with E-state index >= 15 is 0 Å². The first-order valence-corrected chi connectivity index (χ1v) is 7.44. The van der Waals surface area contributed by atoms with Gasteiger partial charge < -0.3 is 19.4 Å². The molecule has 0 aliphatic carbocycles. The summed E-state index contributed by atoms with van der Waals surface area (Å²) < 4.78 is 13.7. The highest BCUT2D eigenvalue weighted by molar-refractivity contribution is 9.10. The summed E-state index contributed by atoms with van der Waals surface area (Å²) in [6.45, 7) is 2.58. The number of benzene rings is 1. The van der Waals surface area contributed by atoms with Crippen molar-refractivity contribution in [1.29, 1.82) is 0 Å². The number of hydrogen-bond acceptors (Lipinski definition) is 5. The van der Waals surface area contributed by atoms with Gasteiger partial charge in [-0.25, -0.2) is 0 Å². The highest BCUT2D eigenvalue weighted by Gasteiger charge is 2.10. The molecule has 0 aliphatic heterocycles. The summed E-state index contributed by atoms with van der Waals surface area (Å²) in [5.41, 5.74) is 1.09. The van der Waals surface area contributed by atoms with Crippen molar-refractivity contribution >= 4 is 15.9 Å². The second-order valence-electron chi connectivity index (χ2n) is 4.54. The Labute approximate surface area is 132 Å². The molecule has 7 heteroatoms. The maximum atomic E-state index is 5.91. The fourth-order valence-corrected chi connectivity index (χ4v) is 2.35. The number of ether oxygens (including phenoxy) is 2. The predicted octanol–water partition coefficient (Wildman–Crippen LogP) is 1.89. The molecule has 6 nitrogen and oxygen atoms in total. The minimum Gasteiger partial charge on any atom is -0.484 e. The molecule has 21 heavy (non-hydrogen) atoms. The molecule has 0 saturated carbocycles. The van der Waals surface area contributed by atoms with Gasteiger partial charge in [0.05, 0.1) is 11.1 Å². The highest BCUT2D eigenvalue weighted by Crippen LogP contribution is 2.29. The molecule has 2 aromatic rings. The molecule has 1 aromatic heterocycles. The van der Waals surface area contributed by atoms with Crippen LogP contribution in [-0.2, 0) is 24.9 Å². The Bertz CT molecular complexity index is 574. The Hall–Kier alpha value is -1.44. The average molecular weight is 355 g/mol. The van der Waals surface area contributed by atoms with Gasteiger partial charge in [-0.1, -0.05) is 12.1 Å². The Morgan fingerprint density at radius 2 is 2.24 bits per heavy atom. The number of halogens is 1. The largest absolute Gasteiger partial charge is 0.484 e. The monoisotopic (exact) mass is 354 g/mol. The Morgan fingerprint density at radius 3 is 2.95 bits per heavy atom. The summed E-state index contributed by atoms with van der Waals surface area (Å²) in [6.07, 6.45) is 1.66. The smallest absolute Gasteiger partial charge is 0.170 e. The fraction of sp³-hybridized carbons (Fsp3) is 0.429. The van der Waals surface area contributed by atoms with Gasteiger partial charge in [-0.15, -0.1) is 10.2 Å². The van der Waals surface area contributed by atoms with E-state index in [1.807, 2.05) is 29.8 Å². The molecule has 0 bridgehead atoms. The quantitative estimate of drug-likeness (QED) is 0.733. The van der Waals surface area contributed by atoms with Crippen LogP contribution in [-0.4, -0.2) is 35.0 Å². The van der Waals surface area contributed by atoms with Gasteiger partial charge in [-0.2, -0.15) is 0 Å². The standard InChI is InChI=1S/C14H19BrN4O2/c1-19-10-17-18-13(19)9-21-14-11(4-3-5-12(14)15)8-16-6-7-20-2/h3-5,10,16H,6-9H2,1-2H3. The van der Waals surface area contributed by atoms with E-state index in [2.05, 4.69) is 31.4 Å². The van der Waals surface area contributed by atoms with Crippen LogP contribution < -0.4 is 10.1 Å². The molecular weight excluding hydrogens is 336 g/mol. The molecule has 0 aliphatic rings. The number of methoxy groups -OCH3 is 1. The summed E-state index contributed by atoms with van der Waals surface area (Å²) in [7, 11) is 3.59. The molecule has 0 atom stereocenters. The number of aromatic nitrogens is 3. The topological polar surface area (TPSA) is 61.2 Å². The van der Waals surface area contributed by atoms with E-state index in [4.69, 9.17) is 9.47 Å². The van der Waals surface area contributed by atoms with Crippen LogP contribution in [0.2, 0.25) is 0 Å². The lowest BCUT2D eigenvalue weighted by Crippen LogP contribution is -2.19. The number of rotatable bonds is 8. The number of para-hydroxylation sites is 1. The SMILES string of the molecule is COCCNCc1cccc(Br)c1OCc1nncn1C. The lowest BCUT2D eigenvalue weighted by molar-refractivity contribution is 0.199. The van der Waals surface area contributed by atoms with Crippen LogP contribution in [0.15, 0.2) is 29.0 Å². The molecule has 0 fully saturated rings. The molecule has 1 heterocycles. The lowest BCUT2D eigenvalue weighted by Gasteiger charge is -2.13. The molecule has 0 radical (unpaired) electrons. The molecular formula is C14H19BrN4O2. The van der Waals surface area contributed by atoms with Gasteiger partial charge in [0, 0.05) is 32.8 Å². The van der Waals surface area contributed by atoms with Crippen molar-refractivity contribution in [2.24, 2.45) is 7.05 Å². The minimum absolute atomic E-state index is 0.379.